The van der Waals surface area contributed by atoms with Crippen molar-refractivity contribution in [3.63, 3.8) is 0 Å². The fraction of sp³-hybridized carbons (Fsp3) is 0.278. The van der Waals surface area contributed by atoms with Crippen molar-refractivity contribution in [2.24, 2.45) is 0 Å². The summed E-state index contributed by atoms with van der Waals surface area (Å²) in [6.07, 6.45) is 0. The summed E-state index contributed by atoms with van der Waals surface area (Å²) in [5.74, 6) is 0.567. The van der Waals surface area contributed by atoms with Crippen molar-refractivity contribution in [1.29, 1.82) is 0 Å². The quantitative estimate of drug-likeness (QED) is 0.753. The van der Waals surface area contributed by atoms with Crippen LogP contribution in [0.5, 0.6) is 5.75 Å². The smallest absolute Gasteiger partial charge is 0.329 e. The van der Waals surface area contributed by atoms with Crippen LogP contribution >= 0.6 is 11.6 Å². The highest BCUT2D eigenvalue weighted by Gasteiger charge is 2.54. The van der Waals surface area contributed by atoms with Crippen LogP contribution in [0.25, 0.3) is 0 Å². The third-order valence-corrected chi connectivity index (χ3v) is 6.74. The second kappa shape index (κ2) is 6.17. The molecule has 0 unspecified atom stereocenters. The van der Waals surface area contributed by atoms with Gasteiger partial charge >= 0.3 is 6.03 Å². The van der Waals surface area contributed by atoms with Crippen molar-refractivity contribution >= 4 is 38.8 Å². The molecular formula is C18H17ClN2O4S. The summed E-state index contributed by atoms with van der Waals surface area (Å²) in [6.45, 7) is 0. The van der Waals surface area contributed by atoms with Crippen LogP contribution in [0.3, 0.4) is 0 Å². The van der Waals surface area contributed by atoms with E-state index in [9.17, 15) is 13.2 Å². The van der Waals surface area contributed by atoms with E-state index in [1.54, 1.807) is 65.4 Å². The maximum absolute atomic E-state index is 13.2. The summed E-state index contributed by atoms with van der Waals surface area (Å²) >= 11 is 6.07. The molecule has 2 heterocycles. The second-order valence-corrected chi connectivity index (χ2v) is 9.00. The highest BCUT2D eigenvalue weighted by molar-refractivity contribution is 7.91. The lowest BCUT2D eigenvalue weighted by molar-refractivity contribution is 0.255. The van der Waals surface area contributed by atoms with Crippen molar-refractivity contribution in [2.45, 2.75) is 12.1 Å². The van der Waals surface area contributed by atoms with E-state index >= 15 is 0 Å². The van der Waals surface area contributed by atoms with Gasteiger partial charge in [-0.1, -0.05) is 17.7 Å². The maximum atomic E-state index is 13.2. The molecule has 2 atom stereocenters. The molecule has 2 aliphatic rings. The van der Waals surface area contributed by atoms with Gasteiger partial charge in [-0.05, 0) is 42.5 Å². The van der Waals surface area contributed by atoms with E-state index in [2.05, 4.69) is 0 Å². The highest BCUT2D eigenvalue weighted by Crippen LogP contribution is 2.38. The van der Waals surface area contributed by atoms with Crippen LogP contribution in [0.15, 0.2) is 48.5 Å². The molecule has 0 aromatic heterocycles. The summed E-state index contributed by atoms with van der Waals surface area (Å²) < 4.78 is 29.7. The van der Waals surface area contributed by atoms with Gasteiger partial charge in [-0.25, -0.2) is 13.2 Å². The fourth-order valence-electron chi connectivity index (χ4n) is 3.68. The van der Waals surface area contributed by atoms with Crippen molar-refractivity contribution in [3.8, 4) is 5.75 Å². The Bertz CT molecular complexity index is 961. The molecular weight excluding hydrogens is 376 g/mol. The molecule has 8 heteroatoms. The molecule has 2 aromatic carbocycles. The first kappa shape index (κ1) is 17.2. The number of anilines is 2. The van der Waals surface area contributed by atoms with E-state index in [-0.39, 0.29) is 17.5 Å². The van der Waals surface area contributed by atoms with Gasteiger partial charge in [-0.2, -0.15) is 0 Å². The van der Waals surface area contributed by atoms with E-state index in [1.165, 1.54) is 0 Å². The van der Waals surface area contributed by atoms with Gasteiger partial charge in [0.15, 0.2) is 9.84 Å². The van der Waals surface area contributed by atoms with Gasteiger partial charge < -0.3 is 4.74 Å². The standard InChI is InChI=1S/C18H17ClN2O4S/c1-25-15-7-5-13(6-8-15)20-16-10-26(23,24)11-17(16)21(18(20)22)14-4-2-3-12(19)9-14/h2-9,16-17H,10-11H2,1H3/t16-,17+/m1/s1. The number of benzene rings is 2. The molecule has 6 nitrogen and oxygen atoms in total. The second-order valence-electron chi connectivity index (χ2n) is 6.41. The van der Waals surface area contributed by atoms with E-state index < -0.39 is 21.9 Å². The minimum absolute atomic E-state index is 0.0491. The molecule has 2 aromatic rings. The van der Waals surface area contributed by atoms with Crippen LogP contribution in [0.2, 0.25) is 5.02 Å². The molecule has 0 aliphatic carbocycles. The van der Waals surface area contributed by atoms with Gasteiger partial charge in [0.2, 0.25) is 0 Å². The molecule has 0 N–H and O–H groups in total. The lowest BCUT2D eigenvalue weighted by atomic mass is 10.1. The lowest BCUT2D eigenvalue weighted by Crippen LogP contribution is -2.37. The molecule has 0 bridgehead atoms. The molecule has 4 rings (SSSR count). The number of methoxy groups -OCH3 is 1. The van der Waals surface area contributed by atoms with Gasteiger partial charge in [0.05, 0.1) is 30.7 Å². The number of hydrogen-bond acceptors (Lipinski definition) is 4. The first-order valence-electron chi connectivity index (χ1n) is 8.12. The largest absolute Gasteiger partial charge is 0.497 e. The monoisotopic (exact) mass is 392 g/mol. The van der Waals surface area contributed by atoms with Gasteiger partial charge in [-0.15, -0.1) is 0 Å². The Morgan fingerprint density at radius 3 is 2.19 bits per heavy atom. The molecule has 2 fully saturated rings. The van der Waals surface area contributed by atoms with Crippen molar-refractivity contribution in [3.05, 3.63) is 53.6 Å². The Morgan fingerprint density at radius 2 is 1.62 bits per heavy atom. The Kier molecular flexibility index (Phi) is 4.08. The van der Waals surface area contributed by atoms with E-state index in [0.29, 0.717) is 22.1 Å². The van der Waals surface area contributed by atoms with Crippen molar-refractivity contribution < 1.29 is 17.9 Å². The number of carbonyl (C=O) groups excluding carboxylic acids is 1. The average molecular weight is 393 g/mol. The third kappa shape index (κ3) is 2.81. The van der Waals surface area contributed by atoms with Crippen LogP contribution in [-0.4, -0.2) is 45.1 Å². The van der Waals surface area contributed by atoms with Gasteiger partial charge in [0.1, 0.15) is 5.75 Å². The molecule has 2 saturated heterocycles. The van der Waals surface area contributed by atoms with Gasteiger partial charge in [0, 0.05) is 16.4 Å². The predicted octanol–water partition coefficient (Wildman–Crippen LogP) is 2.96. The van der Waals surface area contributed by atoms with Crippen molar-refractivity contribution in [1.82, 2.24) is 0 Å². The zero-order valence-electron chi connectivity index (χ0n) is 14.0. The Hall–Kier alpha value is -2.25. The summed E-state index contributed by atoms with van der Waals surface area (Å²) in [5.41, 5.74) is 1.25. The van der Waals surface area contributed by atoms with E-state index in [1.807, 2.05) is 0 Å². The Morgan fingerprint density at radius 1 is 1.00 bits per heavy atom. The van der Waals surface area contributed by atoms with Crippen LogP contribution in [0.1, 0.15) is 0 Å². The predicted molar refractivity (Wildman–Crippen MR) is 101 cm³/mol. The summed E-state index contributed by atoms with van der Waals surface area (Å²) in [5, 5.41) is 0.496. The zero-order chi connectivity index (χ0) is 18.5. The highest BCUT2D eigenvalue weighted by atomic mass is 35.5. The third-order valence-electron chi connectivity index (χ3n) is 4.81. The molecule has 2 amide bonds. The Balaban J connectivity index is 1.78. The van der Waals surface area contributed by atoms with Crippen LogP contribution in [0, 0.1) is 0 Å². The number of urea groups is 1. The number of fused-ring (bicyclic) bond motifs is 1. The van der Waals surface area contributed by atoms with Crippen LogP contribution < -0.4 is 14.5 Å². The topological polar surface area (TPSA) is 66.9 Å². The van der Waals surface area contributed by atoms with Crippen LogP contribution in [0.4, 0.5) is 16.2 Å². The average Bonchev–Trinajstić information content (AvgIpc) is 3.03. The van der Waals surface area contributed by atoms with E-state index in [0.717, 1.165) is 0 Å². The molecule has 0 saturated carbocycles. The number of carbonyl (C=O) groups is 1. The van der Waals surface area contributed by atoms with Gasteiger partial charge in [-0.3, -0.25) is 9.80 Å². The number of sulfone groups is 1. The summed E-state index contributed by atoms with van der Waals surface area (Å²) in [7, 11) is -1.66. The minimum atomic E-state index is -3.23. The molecule has 0 spiro atoms. The van der Waals surface area contributed by atoms with E-state index in [4.69, 9.17) is 16.3 Å². The molecule has 0 radical (unpaired) electrons. The summed E-state index contributed by atoms with van der Waals surface area (Å²) in [6, 6.07) is 12.8. The molecule has 2 aliphatic heterocycles. The Labute approximate surface area is 156 Å². The number of amides is 2. The molecule has 26 heavy (non-hydrogen) atoms. The number of nitrogens with zero attached hydrogens (tertiary/aromatic N) is 2. The SMILES string of the molecule is COc1ccc(N2C(=O)N(c3cccc(Cl)c3)[C@H]3CS(=O)(=O)C[C@H]32)cc1. The van der Waals surface area contributed by atoms with Crippen LogP contribution in [-0.2, 0) is 9.84 Å². The number of halogens is 1. The van der Waals surface area contributed by atoms with Crippen molar-refractivity contribution in [2.75, 3.05) is 28.4 Å². The number of ether oxygens (including phenoxy) is 1. The van der Waals surface area contributed by atoms with Gasteiger partial charge in [0.25, 0.3) is 0 Å². The lowest BCUT2D eigenvalue weighted by Gasteiger charge is -2.23. The number of hydrogen-bond donors (Lipinski definition) is 0. The first-order valence-corrected chi connectivity index (χ1v) is 10.3. The first-order chi connectivity index (χ1) is 12.4. The minimum Gasteiger partial charge on any atom is -0.497 e. The molecule has 136 valence electrons. The summed E-state index contributed by atoms with van der Waals surface area (Å²) in [4.78, 5) is 16.3. The maximum Gasteiger partial charge on any atom is 0.329 e. The number of rotatable bonds is 3. The fourth-order valence-corrected chi connectivity index (χ4v) is 5.78. The normalized spacial score (nSPS) is 24.0. The zero-order valence-corrected chi connectivity index (χ0v) is 15.6.